The fourth-order valence-electron chi connectivity index (χ4n) is 2.90. The number of aliphatic imine (C=N–C) groups is 1. The number of halogens is 1. The Bertz CT molecular complexity index is 708. The molecule has 9 heteroatoms. The highest BCUT2D eigenvalue weighted by Gasteiger charge is 2.15. The van der Waals surface area contributed by atoms with Crippen LogP contribution in [0.4, 0.5) is 5.13 Å². The molecule has 27 heavy (non-hydrogen) atoms. The summed E-state index contributed by atoms with van der Waals surface area (Å²) in [6, 6.07) is 0. The highest BCUT2D eigenvalue weighted by molar-refractivity contribution is 14.0. The first kappa shape index (κ1) is 22.4. The number of aromatic nitrogens is 2. The summed E-state index contributed by atoms with van der Waals surface area (Å²) in [7, 11) is 0. The number of hydrogen-bond acceptors (Lipinski definition) is 6. The molecule has 6 nitrogen and oxygen atoms in total. The normalized spacial score (nSPS) is 14.3. The predicted octanol–water partition coefficient (Wildman–Crippen LogP) is 3.47. The molecule has 2 aromatic rings. The van der Waals surface area contributed by atoms with Crippen molar-refractivity contribution in [2.75, 3.05) is 37.6 Å². The molecular formula is C18H29IN6S2. The van der Waals surface area contributed by atoms with Crippen molar-refractivity contribution in [1.29, 1.82) is 0 Å². The SMILES string of the molecule is CCNC(=NCCc1ncc(C)s1)NCCc1csc(N2CCCC2)n1.I. The van der Waals surface area contributed by atoms with Gasteiger partial charge in [-0.25, -0.2) is 9.97 Å². The van der Waals surface area contributed by atoms with Gasteiger partial charge in [0.1, 0.15) is 0 Å². The molecule has 3 heterocycles. The number of nitrogens with one attached hydrogen (secondary N) is 2. The van der Waals surface area contributed by atoms with Crippen molar-refractivity contribution < 1.29 is 0 Å². The van der Waals surface area contributed by atoms with Crippen LogP contribution in [0.3, 0.4) is 0 Å². The average molecular weight is 521 g/mol. The van der Waals surface area contributed by atoms with Crippen molar-refractivity contribution in [2.24, 2.45) is 4.99 Å². The fraction of sp³-hybridized carbons (Fsp3) is 0.611. The second-order valence-electron chi connectivity index (χ2n) is 6.37. The van der Waals surface area contributed by atoms with Crippen molar-refractivity contribution in [3.63, 3.8) is 0 Å². The van der Waals surface area contributed by atoms with Crippen molar-refractivity contribution >= 4 is 57.7 Å². The standard InChI is InChI=1S/C18H28N6S2.HI/c1-3-19-17(21-9-7-16-22-12-14(2)26-16)20-8-6-15-13-25-18(23-15)24-10-4-5-11-24;/h12-13H,3-11H2,1-2H3,(H2,19,20,21);1H. The van der Waals surface area contributed by atoms with Crippen LogP contribution in [0.25, 0.3) is 0 Å². The summed E-state index contributed by atoms with van der Waals surface area (Å²) in [6.45, 7) is 8.93. The fourth-order valence-corrected chi connectivity index (χ4v) is 4.59. The van der Waals surface area contributed by atoms with Crippen LogP contribution in [0.15, 0.2) is 16.6 Å². The number of aryl methyl sites for hydroxylation is 1. The smallest absolute Gasteiger partial charge is 0.191 e. The summed E-state index contributed by atoms with van der Waals surface area (Å²) < 4.78 is 0. The summed E-state index contributed by atoms with van der Waals surface area (Å²) in [4.78, 5) is 17.5. The van der Waals surface area contributed by atoms with E-state index in [0.29, 0.717) is 0 Å². The summed E-state index contributed by atoms with van der Waals surface area (Å²) in [5, 5.41) is 11.2. The van der Waals surface area contributed by atoms with Gasteiger partial charge < -0.3 is 15.5 Å². The lowest BCUT2D eigenvalue weighted by Crippen LogP contribution is -2.38. The van der Waals surface area contributed by atoms with E-state index in [2.05, 4.69) is 44.7 Å². The molecule has 0 atom stereocenters. The number of nitrogens with zero attached hydrogens (tertiary/aromatic N) is 4. The maximum Gasteiger partial charge on any atom is 0.191 e. The van der Waals surface area contributed by atoms with Gasteiger partial charge in [-0.05, 0) is 26.7 Å². The van der Waals surface area contributed by atoms with Crippen LogP contribution in [0.2, 0.25) is 0 Å². The largest absolute Gasteiger partial charge is 0.357 e. The Kier molecular flexibility index (Phi) is 9.77. The second kappa shape index (κ2) is 11.8. The molecule has 0 aliphatic carbocycles. The Morgan fingerprint density at radius 1 is 1.26 bits per heavy atom. The first-order valence-electron chi connectivity index (χ1n) is 9.37. The van der Waals surface area contributed by atoms with Gasteiger partial charge in [-0.15, -0.1) is 46.7 Å². The van der Waals surface area contributed by atoms with Crippen LogP contribution in [0, 0.1) is 6.92 Å². The third-order valence-electron chi connectivity index (χ3n) is 4.20. The van der Waals surface area contributed by atoms with Gasteiger partial charge in [-0.1, -0.05) is 0 Å². The van der Waals surface area contributed by atoms with E-state index in [-0.39, 0.29) is 24.0 Å². The number of anilines is 1. The summed E-state index contributed by atoms with van der Waals surface area (Å²) >= 11 is 3.51. The van der Waals surface area contributed by atoms with Crippen LogP contribution >= 0.6 is 46.7 Å². The van der Waals surface area contributed by atoms with Crippen molar-refractivity contribution in [2.45, 2.75) is 39.5 Å². The molecule has 0 amide bonds. The molecule has 1 saturated heterocycles. The van der Waals surface area contributed by atoms with Crippen LogP contribution in [0.1, 0.15) is 35.3 Å². The molecule has 150 valence electrons. The zero-order valence-corrected chi connectivity index (χ0v) is 20.0. The van der Waals surface area contributed by atoms with Crippen molar-refractivity contribution in [3.05, 3.63) is 27.2 Å². The summed E-state index contributed by atoms with van der Waals surface area (Å²) in [5.74, 6) is 0.871. The molecule has 0 saturated carbocycles. The Balaban J connectivity index is 0.00000261. The number of thiazole rings is 2. The van der Waals surface area contributed by atoms with Gasteiger partial charge in [0.05, 0.1) is 10.7 Å². The van der Waals surface area contributed by atoms with Gasteiger partial charge in [0, 0.05) is 62.0 Å². The quantitative estimate of drug-likeness (QED) is 0.317. The lowest BCUT2D eigenvalue weighted by Gasteiger charge is -2.12. The Labute approximate surface area is 186 Å². The molecule has 2 N–H and O–H groups in total. The van der Waals surface area contributed by atoms with Crippen molar-refractivity contribution in [3.8, 4) is 0 Å². The van der Waals surface area contributed by atoms with Crippen LogP contribution in [-0.4, -0.2) is 48.7 Å². The maximum absolute atomic E-state index is 4.78. The van der Waals surface area contributed by atoms with Crippen LogP contribution in [-0.2, 0) is 12.8 Å². The summed E-state index contributed by atoms with van der Waals surface area (Å²) in [5.41, 5.74) is 1.17. The van der Waals surface area contributed by atoms with Gasteiger partial charge in [0.2, 0.25) is 0 Å². The van der Waals surface area contributed by atoms with Crippen LogP contribution in [0.5, 0.6) is 0 Å². The van der Waals surface area contributed by atoms with E-state index in [4.69, 9.17) is 4.98 Å². The second-order valence-corrected chi connectivity index (χ2v) is 8.52. The molecule has 3 rings (SSSR count). The molecule has 0 radical (unpaired) electrons. The van der Waals surface area contributed by atoms with Crippen molar-refractivity contribution in [1.82, 2.24) is 20.6 Å². The third-order valence-corrected chi connectivity index (χ3v) is 6.12. The molecule has 0 unspecified atom stereocenters. The predicted molar refractivity (Wildman–Crippen MR) is 127 cm³/mol. The van der Waals surface area contributed by atoms with E-state index in [0.717, 1.165) is 56.5 Å². The van der Waals surface area contributed by atoms with Gasteiger partial charge in [-0.3, -0.25) is 4.99 Å². The van der Waals surface area contributed by atoms with E-state index in [1.165, 1.54) is 28.5 Å². The highest BCUT2D eigenvalue weighted by Crippen LogP contribution is 2.24. The van der Waals surface area contributed by atoms with E-state index in [1.54, 1.807) is 22.7 Å². The van der Waals surface area contributed by atoms with Crippen LogP contribution < -0.4 is 15.5 Å². The van der Waals surface area contributed by atoms with Gasteiger partial charge in [-0.2, -0.15) is 0 Å². The molecule has 1 aliphatic rings. The molecule has 0 spiro atoms. The molecule has 1 aliphatic heterocycles. The lowest BCUT2D eigenvalue weighted by atomic mass is 10.3. The minimum absolute atomic E-state index is 0. The number of hydrogen-bond donors (Lipinski definition) is 2. The van der Waals surface area contributed by atoms with E-state index >= 15 is 0 Å². The minimum atomic E-state index is 0. The Hall–Kier alpha value is -0.940. The zero-order valence-electron chi connectivity index (χ0n) is 16.0. The molecular weight excluding hydrogens is 491 g/mol. The van der Waals surface area contributed by atoms with E-state index in [1.807, 2.05) is 6.20 Å². The number of guanidine groups is 1. The highest BCUT2D eigenvalue weighted by atomic mass is 127. The first-order valence-corrected chi connectivity index (χ1v) is 11.1. The molecule has 0 bridgehead atoms. The molecule has 0 aromatic carbocycles. The maximum atomic E-state index is 4.78. The lowest BCUT2D eigenvalue weighted by molar-refractivity contribution is 0.787. The number of rotatable bonds is 8. The Morgan fingerprint density at radius 3 is 2.78 bits per heavy atom. The van der Waals surface area contributed by atoms with E-state index in [9.17, 15) is 0 Å². The minimum Gasteiger partial charge on any atom is -0.357 e. The van der Waals surface area contributed by atoms with Gasteiger partial charge in [0.15, 0.2) is 11.1 Å². The first-order chi connectivity index (χ1) is 12.7. The van der Waals surface area contributed by atoms with Gasteiger partial charge >= 0.3 is 0 Å². The summed E-state index contributed by atoms with van der Waals surface area (Å²) in [6.07, 6.45) is 6.32. The molecule has 2 aromatic heterocycles. The van der Waals surface area contributed by atoms with E-state index < -0.39 is 0 Å². The Morgan fingerprint density at radius 2 is 2.07 bits per heavy atom. The zero-order chi connectivity index (χ0) is 18.2. The third kappa shape index (κ3) is 7.19. The monoisotopic (exact) mass is 520 g/mol. The topological polar surface area (TPSA) is 65.4 Å². The molecule has 1 fully saturated rings. The van der Waals surface area contributed by atoms with Gasteiger partial charge in [0.25, 0.3) is 0 Å². The average Bonchev–Trinajstić information content (AvgIpc) is 3.36.